The smallest absolute Gasteiger partial charge is 0.330 e. The van der Waals surface area contributed by atoms with E-state index in [1.807, 2.05) is 0 Å². The predicted molar refractivity (Wildman–Crippen MR) is 68.0 cm³/mol. The Balaban J connectivity index is 3.02. The zero-order valence-corrected chi connectivity index (χ0v) is 10.5. The summed E-state index contributed by atoms with van der Waals surface area (Å²) in [5.74, 6) is 0.0944. The molecule has 1 aromatic heterocycles. The molecule has 0 saturated heterocycles. The highest BCUT2D eigenvalue weighted by molar-refractivity contribution is 5.60. The van der Waals surface area contributed by atoms with Crippen LogP contribution >= 0.6 is 0 Å². The maximum atomic E-state index is 11.6. The summed E-state index contributed by atoms with van der Waals surface area (Å²) in [4.78, 5) is 25.4. The number of rotatable bonds is 7. The molecule has 8 nitrogen and oxygen atoms in total. The molecule has 1 rings (SSSR count). The van der Waals surface area contributed by atoms with Crippen LogP contribution in [0, 0.1) is 0 Å². The van der Waals surface area contributed by atoms with Gasteiger partial charge in [0.05, 0.1) is 19.8 Å². The van der Waals surface area contributed by atoms with E-state index in [1.165, 1.54) is 11.7 Å². The van der Waals surface area contributed by atoms with Crippen LogP contribution in [0.2, 0.25) is 0 Å². The number of nitrogens with two attached hydrogens (primary N) is 1. The molecule has 0 amide bonds. The molecule has 102 valence electrons. The summed E-state index contributed by atoms with van der Waals surface area (Å²) >= 11 is 0. The quantitative estimate of drug-likeness (QED) is 0.531. The summed E-state index contributed by atoms with van der Waals surface area (Å²) in [5.41, 5.74) is 4.87. The molecule has 0 aromatic carbocycles. The second kappa shape index (κ2) is 6.82. The average molecular weight is 258 g/mol. The molecule has 1 aromatic rings. The van der Waals surface area contributed by atoms with Crippen molar-refractivity contribution in [3.8, 4) is 0 Å². The van der Waals surface area contributed by atoms with Crippen molar-refractivity contribution in [3.63, 3.8) is 0 Å². The fraction of sp³-hybridized carbons (Fsp3) is 0.600. The molecule has 0 aliphatic carbocycles. The van der Waals surface area contributed by atoms with Gasteiger partial charge in [0.1, 0.15) is 11.5 Å². The number of anilines is 2. The molecule has 4 N–H and O–H groups in total. The summed E-state index contributed by atoms with van der Waals surface area (Å²) in [5, 5.41) is 2.83. The molecular weight excluding hydrogens is 240 g/mol. The average Bonchev–Trinajstić information content (AvgIpc) is 2.33. The van der Waals surface area contributed by atoms with Gasteiger partial charge in [-0.3, -0.25) is 14.3 Å². The Morgan fingerprint density at radius 2 is 1.94 bits per heavy atom. The molecule has 0 spiro atoms. The number of nitrogens with one attached hydrogen (secondary N) is 2. The van der Waals surface area contributed by atoms with E-state index < -0.39 is 11.2 Å². The highest BCUT2D eigenvalue weighted by atomic mass is 16.5. The highest BCUT2D eigenvalue weighted by Gasteiger charge is 2.11. The molecule has 1 heterocycles. The fourth-order valence-electron chi connectivity index (χ4n) is 1.44. The minimum atomic E-state index is -0.549. The summed E-state index contributed by atoms with van der Waals surface area (Å²) in [6.45, 7) is 1.45. The summed E-state index contributed by atoms with van der Waals surface area (Å²) in [6, 6.07) is 0. The molecule has 0 unspecified atom stereocenters. The third-order valence-electron chi connectivity index (χ3n) is 2.37. The van der Waals surface area contributed by atoms with Crippen molar-refractivity contribution in [1.82, 2.24) is 9.55 Å². The van der Waals surface area contributed by atoms with Gasteiger partial charge >= 0.3 is 5.69 Å². The van der Waals surface area contributed by atoms with Crippen LogP contribution in [0.4, 0.5) is 11.5 Å². The Kier molecular flexibility index (Phi) is 5.40. The molecule has 0 aliphatic rings. The SMILES string of the molecule is COCCNc1c(N)n(CCOC)c(=O)[nH]c1=O. The van der Waals surface area contributed by atoms with E-state index in [9.17, 15) is 9.59 Å². The van der Waals surface area contributed by atoms with E-state index in [4.69, 9.17) is 15.2 Å². The Bertz CT molecular complexity index is 494. The van der Waals surface area contributed by atoms with Crippen molar-refractivity contribution in [2.24, 2.45) is 0 Å². The summed E-state index contributed by atoms with van der Waals surface area (Å²) in [7, 11) is 3.07. The van der Waals surface area contributed by atoms with Crippen molar-refractivity contribution in [3.05, 3.63) is 20.8 Å². The van der Waals surface area contributed by atoms with Gasteiger partial charge in [-0.2, -0.15) is 0 Å². The van der Waals surface area contributed by atoms with Crippen molar-refractivity contribution in [2.75, 3.05) is 45.0 Å². The lowest BCUT2D eigenvalue weighted by Crippen LogP contribution is -2.35. The van der Waals surface area contributed by atoms with Crippen LogP contribution in [-0.4, -0.2) is 43.5 Å². The van der Waals surface area contributed by atoms with Gasteiger partial charge in [0.15, 0.2) is 0 Å². The zero-order valence-electron chi connectivity index (χ0n) is 10.5. The number of H-pyrrole nitrogens is 1. The molecule has 8 heteroatoms. The normalized spacial score (nSPS) is 10.6. The molecule has 0 atom stereocenters. The van der Waals surface area contributed by atoms with Gasteiger partial charge in [-0.25, -0.2) is 4.79 Å². The number of methoxy groups -OCH3 is 2. The van der Waals surface area contributed by atoms with E-state index in [0.29, 0.717) is 19.8 Å². The summed E-state index contributed by atoms with van der Waals surface area (Å²) < 4.78 is 11.0. The number of nitrogen functional groups attached to an aromatic ring is 1. The van der Waals surface area contributed by atoms with Crippen LogP contribution in [-0.2, 0) is 16.0 Å². The maximum Gasteiger partial charge on any atom is 0.330 e. The van der Waals surface area contributed by atoms with Gasteiger partial charge in [0, 0.05) is 20.8 Å². The third kappa shape index (κ3) is 3.34. The van der Waals surface area contributed by atoms with Gasteiger partial charge < -0.3 is 20.5 Å². The van der Waals surface area contributed by atoms with Gasteiger partial charge in [-0.05, 0) is 0 Å². The second-order valence-electron chi connectivity index (χ2n) is 3.58. The topological polar surface area (TPSA) is 111 Å². The predicted octanol–water partition coefficient (Wildman–Crippen LogP) is -1.18. The van der Waals surface area contributed by atoms with Crippen molar-refractivity contribution >= 4 is 11.5 Å². The molecular formula is C10H18N4O4. The fourth-order valence-corrected chi connectivity index (χ4v) is 1.44. The molecule has 0 fully saturated rings. The van der Waals surface area contributed by atoms with Crippen LogP contribution in [0.25, 0.3) is 0 Å². The zero-order chi connectivity index (χ0) is 13.5. The van der Waals surface area contributed by atoms with Crippen molar-refractivity contribution in [1.29, 1.82) is 0 Å². The monoisotopic (exact) mass is 258 g/mol. The maximum absolute atomic E-state index is 11.6. The Hall–Kier alpha value is -1.80. The largest absolute Gasteiger partial charge is 0.383 e. The molecule has 0 aliphatic heterocycles. The number of aromatic amines is 1. The Morgan fingerprint density at radius 1 is 1.28 bits per heavy atom. The molecule has 0 saturated carbocycles. The number of nitrogens with zero attached hydrogens (tertiary/aromatic N) is 1. The van der Waals surface area contributed by atoms with E-state index in [1.54, 1.807) is 7.11 Å². The lowest BCUT2D eigenvalue weighted by Gasteiger charge is -2.13. The van der Waals surface area contributed by atoms with Crippen LogP contribution < -0.4 is 22.3 Å². The number of ether oxygens (including phenoxy) is 2. The first kappa shape index (κ1) is 14.3. The summed E-state index contributed by atoms with van der Waals surface area (Å²) in [6.07, 6.45) is 0. The Labute approximate surface area is 104 Å². The van der Waals surface area contributed by atoms with Crippen LogP contribution in [0.1, 0.15) is 0 Å². The van der Waals surface area contributed by atoms with Gasteiger partial charge in [-0.15, -0.1) is 0 Å². The van der Waals surface area contributed by atoms with Crippen LogP contribution in [0.3, 0.4) is 0 Å². The first-order chi connectivity index (χ1) is 8.61. The molecule has 0 bridgehead atoms. The molecule has 0 radical (unpaired) electrons. The lowest BCUT2D eigenvalue weighted by atomic mass is 10.4. The van der Waals surface area contributed by atoms with Crippen LogP contribution in [0.15, 0.2) is 9.59 Å². The molecule has 18 heavy (non-hydrogen) atoms. The first-order valence-electron chi connectivity index (χ1n) is 5.46. The second-order valence-corrected chi connectivity index (χ2v) is 3.58. The number of aromatic nitrogens is 2. The van der Waals surface area contributed by atoms with Gasteiger partial charge in [-0.1, -0.05) is 0 Å². The van der Waals surface area contributed by atoms with E-state index in [0.717, 1.165) is 0 Å². The minimum Gasteiger partial charge on any atom is -0.383 e. The third-order valence-corrected chi connectivity index (χ3v) is 2.37. The number of hydrogen-bond acceptors (Lipinski definition) is 6. The Morgan fingerprint density at radius 3 is 2.56 bits per heavy atom. The van der Waals surface area contributed by atoms with Gasteiger partial charge in [0.2, 0.25) is 0 Å². The van der Waals surface area contributed by atoms with Crippen LogP contribution in [0.5, 0.6) is 0 Å². The van der Waals surface area contributed by atoms with Crippen molar-refractivity contribution < 1.29 is 9.47 Å². The number of hydrogen-bond donors (Lipinski definition) is 3. The highest BCUT2D eigenvalue weighted by Crippen LogP contribution is 2.09. The van der Waals surface area contributed by atoms with Crippen molar-refractivity contribution in [2.45, 2.75) is 6.54 Å². The van der Waals surface area contributed by atoms with E-state index in [-0.39, 0.29) is 18.1 Å². The first-order valence-corrected chi connectivity index (χ1v) is 5.46. The standard InChI is InChI=1S/C10H18N4O4/c1-17-5-3-12-7-8(11)14(4-6-18-2)10(16)13-9(7)15/h12H,3-6,11H2,1-2H3,(H,13,15,16). The van der Waals surface area contributed by atoms with E-state index >= 15 is 0 Å². The lowest BCUT2D eigenvalue weighted by molar-refractivity contribution is 0.186. The van der Waals surface area contributed by atoms with E-state index in [2.05, 4.69) is 10.3 Å². The minimum absolute atomic E-state index is 0.0944. The van der Waals surface area contributed by atoms with Gasteiger partial charge in [0.25, 0.3) is 5.56 Å².